The summed E-state index contributed by atoms with van der Waals surface area (Å²) < 4.78 is 23.8. The van der Waals surface area contributed by atoms with E-state index in [1.807, 2.05) is 0 Å². The van der Waals surface area contributed by atoms with Gasteiger partial charge in [-0.2, -0.15) is 0 Å². The van der Waals surface area contributed by atoms with E-state index in [1.54, 1.807) is 0 Å². The molecule has 7 atom stereocenters. The highest BCUT2D eigenvalue weighted by molar-refractivity contribution is 6.30. The number of aliphatic carboxylic acids is 1. The van der Waals surface area contributed by atoms with Crippen molar-refractivity contribution in [3.63, 3.8) is 0 Å². The quantitative estimate of drug-likeness (QED) is 0.153. The SMILES string of the molecule is [2H]CN[C@H](C(=O)[C@](C)(C(=O)[C@@](C(=O)[C@@](C)(O)C(=O)O)([C@H](C)CC)N(C[2H])C(=O)[C@H](C)O)N(C[2H])C(=O)[C@H](C)O)C(C)C. The number of hydrogen-bond acceptors (Lipinski definition) is 10. The second-order valence-corrected chi connectivity index (χ2v) is 10.4. The van der Waals surface area contributed by atoms with Gasteiger partial charge in [0.25, 0.3) is 11.8 Å². The van der Waals surface area contributed by atoms with Gasteiger partial charge in [0, 0.05) is 18.2 Å². The molecule has 0 unspecified atom stereocenters. The van der Waals surface area contributed by atoms with Crippen LogP contribution in [0.1, 0.15) is 65.9 Å². The van der Waals surface area contributed by atoms with E-state index in [-0.39, 0.29) is 11.3 Å². The highest BCUT2D eigenvalue weighted by Crippen LogP contribution is 2.39. The number of carbonyl (C=O) groups excluding carboxylic acids is 5. The zero-order valence-corrected chi connectivity index (χ0v) is 23.8. The van der Waals surface area contributed by atoms with Gasteiger partial charge in [-0.25, -0.2) is 4.79 Å². The number of rotatable bonds is 15. The molecule has 0 aliphatic carbocycles. The van der Waals surface area contributed by atoms with Crippen molar-refractivity contribution in [3.8, 4) is 0 Å². The minimum atomic E-state index is -3.40. The Bertz CT molecular complexity index is 1040. The molecule has 13 heteroatoms. The highest BCUT2D eigenvalue weighted by atomic mass is 16.4. The summed E-state index contributed by atoms with van der Waals surface area (Å²) in [7, 11) is -2.93. The summed E-state index contributed by atoms with van der Waals surface area (Å²) in [6, 6.07) is -1.38. The van der Waals surface area contributed by atoms with Crippen molar-refractivity contribution in [1.82, 2.24) is 15.1 Å². The molecule has 0 saturated heterocycles. The minimum Gasteiger partial charge on any atom is -0.479 e. The van der Waals surface area contributed by atoms with Crippen LogP contribution in [0.4, 0.5) is 0 Å². The zero-order chi connectivity index (χ0) is 33.5. The Balaban J connectivity index is 8.50. The van der Waals surface area contributed by atoms with Crippen LogP contribution in [0.2, 0.25) is 0 Å². The van der Waals surface area contributed by atoms with Gasteiger partial charge in [-0.05, 0) is 46.6 Å². The van der Waals surface area contributed by atoms with E-state index >= 15 is 4.79 Å². The fraction of sp³-hybridized carbons (Fsp3) is 0.769. The van der Waals surface area contributed by atoms with Gasteiger partial charge in [0.2, 0.25) is 11.4 Å². The van der Waals surface area contributed by atoms with Crippen LogP contribution in [0, 0.1) is 11.8 Å². The molecule has 0 radical (unpaired) electrons. The van der Waals surface area contributed by atoms with E-state index in [9.17, 15) is 44.4 Å². The lowest BCUT2D eigenvalue weighted by atomic mass is 9.63. The van der Waals surface area contributed by atoms with Crippen molar-refractivity contribution in [1.29, 1.82) is 0 Å². The number of ketones is 3. The molecule has 0 heterocycles. The van der Waals surface area contributed by atoms with Crippen LogP contribution in [-0.4, -0.2) is 121 Å². The van der Waals surface area contributed by atoms with Crippen molar-refractivity contribution in [2.45, 2.75) is 96.7 Å². The molecule has 0 aromatic heterocycles. The smallest absolute Gasteiger partial charge is 0.343 e. The van der Waals surface area contributed by atoms with Gasteiger partial charge in [0.05, 0.1) is 6.04 Å². The Labute approximate surface area is 233 Å². The fourth-order valence-electron chi connectivity index (χ4n) is 4.34. The standard InChI is InChI=1S/C26H45N3O10/c1-12-14(4)26(29(11)20(34)16(6)31,22(36)25(8,39)23(37)38)21(35)24(7,28(10)19(33)15(5)30)18(32)17(27-9)13(2)3/h13-17,27,30-31,39H,12H2,1-11H3,(H,37,38)/t14-,15+,16+,17+,24-,25-,26-/m1/s1/i9D,10D,11D. The van der Waals surface area contributed by atoms with Crippen LogP contribution in [0.3, 0.4) is 0 Å². The average Bonchev–Trinajstić information content (AvgIpc) is 2.92. The normalized spacial score (nSPS) is 20.4. The van der Waals surface area contributed by atoms with E-state index in [2.05, 4.69) is 5.32 Å². The number of nitrogens with one attached hydrogen (secondary N) is 1. The first-order chi connectivity index (χ1) is 19.1. The third-order valence-electron chi connectivity index (χ3n) is 7.18. The molecule has 0 aliphatic rings. The van der Waals surface area contributed by atoms with E-state index in [4.69, 9.17) is 4.11 Å². The van der Waals surface area contributed by atoms with Crippen molar-refractivity contribution in [2.24, 2.45) is 11.8 Å². The maximum absolute atomic E-state index is 15.1. The van der Waals surface area contributed by atoms with Gasteiger partial charge in [0.15, 0.2) is 22.6 Å². The van der Waals surface area contributed by atoms with Crippen molar-refractivity contribution in [3.05, 3.63) is 0 Å². The molecule has 0 saturated carbocycles. The maximum Gasteiger partial charge on any atom is 0.343 e. The van der Waals surface area contributed by atoms with Crippen LogP contribution >= 0.6 is 0 Å². The van der Waals surface area contributed by atoms with Crippen molar-refractivity contribution in [2.75, 3.05) is 21.1 Å². The predicted molar refractivity (Wildman–Crippen MR) is 140 cm³/mol. The fourth-order valence-corrected chi connectivity index (χ4v) is 4.34. The molecular weight excluding hydrogens is 514 g/mol. The third-order valence-corrected chi connectivity index (χ3v) is 7.18. The predicted octanol–water partition coefficient (Wildman–Crippen LogP) is -1.00. The van der Waals surface area contributed by atoms with Gasteiger partial charge >= 0.3 is 5.97 Å². The Morgan fingerprint density at radius 1 is 0.872 bits per heavy atom. The van der Waals surface area contributed by atoms with Crippen LogP contribution in [0.25, 0.3) is 0 Å². The molecule has 224 valence electrons. The molecule has 0 fully saturated rings. The first-order valence-corrected chi connectivity index (χ1v) is 12.3. The lowest BCUT2D eigenvalue weighted by Gasteiger charge is -2.51. The van der Waals surface area contributed by atoms with Crippen LogP contribution < -0.4 is 5.32 Å². The summed E-state index contributed by atoms with van der Waals surface area (Å²) in [4.78, 5) is 82.9. The van der Waals surface area contributed by atoms with Gasteiger partial charge < -0.3 is 35.5 Å². The number of amides is 2. The molecule has 0 aromatic carbocycles. The monoisotopic (exact) mass is 562 g/mol. The molecule has 5 N–H and O–H groups in total. The summed E-state index contributed by atoms with van der Waals surface area (Å²) in [5.41, 5.74) is -9.49. The summed E-state index contributed by atoms with van der Waals surface area (Å²) in [5, 5.41) is 43.5. The minimum absolute atomic E-state index is 0.190. The van der Waals surface area contributed by atoms with E-state index in [0.717, 1.165) is 20.8 Å². The maximum atomic E-state index is 15.1. The molecule has 39 heavy (non-hydrogen) atoms. The second kappa shape index (κ2) is 13.1. The number of aliphatic hydroxyl groups is 3. The number of Topliss-reactive ketones (excluding diaryl/α,β-unsaturated/α-hetero) is 3. The Morgan fingerprint density at radius 2 is 1.33 bits per heavy atom. The van der Waals surface area contributed by atoms with Crippen LogP contribution in [0.5, 0.6) is 0 Å². The van der Waals surface area contributed by atoms with E-state index < -0.39 is 103 Å². The topological polar surface area (TPSA) is 202 Å². The Kier molecular flexibility index (Phi) is 10.3. The van der Waals surface area contributed by atoms with E-state index in [0.29, 0.717) is 11.8 Å². The number of aliphatic hydroxyl groups excluding tert-OH is 2. The largest absolute Gasteiger partial charge is 0.479 e. The van der Waals surface area contributed by atoms with Gasteiger partial charge in [0.1, 0.15) is 12.2 Å². The average molecular weight is 563 g/mol. The summed E-state index contributed by atoms with van der Waals surface area (Å²) in [5.74, 6) is -11.6. The van der Waals surface area contributed by atoms with Crippen molar-refractivity contribution >= 4 is 35.1 Å². The number of nitrogens with zero attached hydrogens (tertiary/aromatic N) is 2. The number of carboxylic acid groups (broad SMARTS) is 1. The molecule has 0 spiro atoms. The van der Waals surface area contributed by atoms with Crippen LogP contribution in [0.15, 0.2) is 0 Å². The lowest BCUT2D eigenvalue weighted by molar-refractivity contribution is -0.180. The summed E-state index contributed by atoms with van der Waals surface area (Å²) in [6.45, 7) is 9.09. The Morgan fingerprint density at radius 3 is 1.67 bits per heavy atom. The summed E-state index contributed by atoms with van der Waals surface area (Å²) >= 11 is 0. The van der Waals surface area contributed by atoms with Crippen LogP contribution in [-0.2, 0) is 28.8 Å². The van der Waals surface area contributed by atoms with Gasteiger partial charge in [-0.1, -0.05) is 34.1 Å². The number of carboxylic acids is 1. The molecule has 0 aromatic rings. The third kappa shape index (κ3) is 6.21. The first kappa shape index (κ1) is 30.8. The van der Waals surface area contributed by atoms with Gasteiger partial charge in [-0.15, -0.1) is 0 Å². The van der Waals surface area contributed by atoms with Crippen molar-refractivity contribution < 1.29 is 53.3 Å². The number of likely N-dealkylation sites (N-methyl/N-ethyl adjacent to an activating group) is 3. The van der Waals surface area contributed by atoms with E-state index in [1.165, 1.54) is 27.7 Å². The molecule has 0 bridgehead atoms. The first-order valence-electron chi connectivity index (χ1n) is 14.5. The second-order valence-electron chi connectivity index (χ2n) is 10.4. The molecule has 13 nitrogen and oxygen atoms in total. The lowest BCUT2D eigenvalue weighted by Crippen LogP contribution is -2.78. The Hall–Kier alpha value is -2.74. The highest BCUT2D eigenvalue weighted by Gasteiger charge is 2.67. The molecule has 0 aliphatic heterocycles. The summed E-state index contributed by atoms with van der Waals surface area (Å²) in [6.07, 6.45) is -4.01. The van der Waals surface area contributed by atoms with Gasteiger partial charge in [-0.3, -0.25) is 24.0 Å². The molecular formula is C26H45N3O10. The number of carbonyl (C=O) groups is 6. The molecule has 0 rings (SSSR count). The number of hydrogen-bond donors (Lipinski definition) is 5. The molecule has 2 amide bonds. The zero-order valence-electron chi connectivity index (χ0n) is 26.8.